The van der Waals surface area contributed by atoms with Crippen LogP contribution >= 0.6 is 0 Å². The van der Waals surface area contributed by atoms with Gasteiger partial charge in [0.05, 0.1) is 61.3 Å². The topological polar surface area (TPSA) is 33.6 Å². The van der Waals surface area contributed by atoms with Crippen molar-refractivity contribution in [2.75, 3.05) is 0 Å². The van der Waals surface area contributed by atoms with Crippen molar-refractivity contribution < 1.29 is 52.7 Å². The largest absolute Gasteiger partial charge is 0.418 e. The summed E-state index contributed by atoms with van der Waals surface area (Å²) in [6.45, 7) is 0. The lowest BCUT2D eigenvalue weighted by molar-refractivity contribution is -0.144. The van der Waals surface area contributed by atoms with Gasteiger partial charge >= 0.3 is 24.7 Å². The standard InChI is InChI=1S/C35H15F12N3/c36-32(37,38)18-9-11-27(23(14-18)34(42,43)44)49-26-8-4-2-6-22(26)29-28(49)12-10-21-20-5-1-3-7-25(20)50(31(21)29)30-17(16-48)13-19(33(39,40)41)15-24(30)35(45,46)47/h1-15H. The molecule has 0 saturated carbocycles. The Kier molecular flexibility index (Phi) is 7.02. The molecule has 0 atom stereocenters. The molecule has 0 aliphatic carbocycles. The summed E-state index contributed by atoms with van der Waals surface area (Å²) in [4.78, 5) is 0. The first kappa shape index (κ1) is 32.9. The molecule has 0 aliphatic heterocycles. The van der Waals surface area contributed by atoms with Crippen LogP contribution < -0.4 is 0 Å². The second-order valence-corrected chi connectivity index (χ2v) is 11.3. The maximum Gasteiger partial charge on any atom is 0.418 e. The average Bonchev–Trinajstić information content (AvgIpc) is 3.55. The third-order valence-electron chi connectivity index (χ3n) is 8.43. The number of benzene rings is 5. The molecule has 0 N–H and O–H groups in total. The molecule has 15 heteroatoms. The van der Waals surface area contributed by atoms with Crippen molar-refractivity contribution in [2.24, 2.45) is 0 Å². The van der Waals surface area contributed by atoms with Crippen LogP contribution in [0.5, 0.6) is 0 Å². The summed E-state index contributed by atoms with van der Waals surface area (Å²) >= 11 is 0. The molecular formula is C35H15F12N3. The fourth-order valence-corrected chi connectivity index (χ4v) is 6.48. The summed E-state index contributed by atoms with van der Waals surface area (Å²) in [6.07, 6.45) is -21.1. The van der Waals surface area contributed by atoms with Gasteiger partial charge in [0, 0.05) is 21.5 Å². The molecule has 0 radical (unpaired) electrons. The lowest BCUT2D eigenvalue weighted by Crippen LogP contribution is -2.16. The van der Waals surface area contributed by atoms with Crippen molar-refractivity contribution >= 4 is 43.6 Å². The molecule has 0 aliphatic rings. The number of para-hydroxylation sites is 2. The summed E-state index contributed by atoms with van der Waals surface area (Å²) in [5.41, 5.74) is -9.52. The molecule has 0 unspecified atom stereocenters. The van der Waals surface area contributed by atoms with E-state index in [1.807, 2.05) is 0 Å². The second kappa shape index (κ2) is 10.7. The van der Waals surface area contributed by atoms with E-state index >= 15 is 0 Å². The van der Waals surface area contributed by atoms with Gasteiger partial charge in [-0.05, 0) is 48.5 Å². The summed E-state index contributed by atoms with van der Waals surface area (Å²) in [5, 5.41) is 10.7. The van der Waals surface area contributed by atoms with Gasteiger partial charge in [-0.25, -0.2) is 0 Å². The van der Waals surface area contributed by atoms with E-state index in [0.717, 1.165) is 9.13 Å². The highest BCUT2D eigenvalue weighted by molar-refractivity contribution is 6.26. The smallest absolute Gasteiger partial charge is 0.309 e. The minimum atomic E-state index is -5.43. The Morgan fingerprint density at radius 1 is 0.480 bits per heavy atom. The van der Waals surface area contributed by atoms with Crippen LogP contribution in [-0.4, -0.2) is 9.13 Å². The van der Waals surface area contributed by atoms with Crippen LogP contribution in [0, 0.1) is 11.3 Å². The van der Waals surface area contributed by atoms with Gasteiger partial charge in [-0.15, -0.1) is 0 Å². The number of alkyl halides is 12. The van der Waals surface area contributed by atoms with Gasteiger partial charge in [0.2, 0.25) is 0 Å². The van der Waals surface area contributed by atoms with Crippen molar-refractivity contribution in [3.8, 4) is 17.4 Å². The Labute approximate surface area is 271 Å². The molecule has 2 heterocycles. The van der Waals surface area contributed by atoms with Crippen molar-refractivity contribution in [1.82, 2.24) is 9.13 Å². The molecule has 0 amide bonds. The molecule has 7 aromatic rings. The van der Waals surface area contributed by atoms with E-state index in [-0.39, 0.29) is 56.4 Å². The summed E-state index contributed by atoms with van der Waals surface area (Å²) in [7, 11) is 0. The molecule has 3 nitrogen and oxygen atoms in total. The van der Waals surface area contributed by atoms with Crippen LogP contribution in [0.25, 0.3) is 55.0 Å². The maximum atomic E-state index is 14.7. The van der Waals surface area contributed by atoms with Crippen molar-refractivity contribution in [3.05, 3.63) is 119 Å². The third-order valence-corrected chi connectivity index (χ3v) is 8.43. The minimum absolute atomic E-state index is 0.0269. The Bertz CT molecular complexity index is 2550. The van der Waals surface area contributed by atoms with Crippen LogP contribution in [0.2, 0.25) is 0 Å². The predicted octanol–water partition coefficient (Wildman–Crippen LogP) is 11.8. The molecule has 5 aromatic carbocycles. The zero-order valence-electron chi connectivity index (χ0n) is 24.5. The highest BCUT2D eigenvalue weighted by Crippen LogP contribution is 2.48. The molecule has 0 fully saturated rings. The van der Waals surface area contributed by atoms with Gasteiger partial charge in [-0.1, -0.05) is 42.5 Å². The average molecular weight is 706 g/mol. The molecule has 0 saturated heterocycles. The number of rotatable bonds is 2. The van der Waals surface area contributed by atoms with Crippen LogP contribution in [0.3, 0.4) is 0 Å². The van der Waals surface area contributed by atoms with Crippen molar-refractivity contribution in [2.45, 2.75) is 24.7 Å². The summed E-state index contributed by atoms with van der Waals surface area (Å²) in [6, 6.07) is 17.0. The monoisotopic (exact) mass is 705 g/mol. The maximum absolute atomic E-state index is 14.7. The number of hydrogen-bond donors (Lipinski definition) is 0. The van der Waals surface area contributed by atoms with Gasteiger partial charge in [0.15, 0.2) is 0 Å². The number of fused-ring (bicyclic) bond motifs is 7. The fraction of sp³-hybridized carbons (Fsp3) is 0.114. The van der Waals surface area contributed by atoms with E-state index in [2.05, 4.69) is 0 Å². The predicted molar refractivity (Wildman–Crippen MR) is 160 cm³/mol. The molecule has 0 bridgehead atoms. The second-order valence-electron chi connectivity index (χ2n) is 11.3. The normalized spacial score (nSPS) is 13.2. The first-order valence-electron chi connectivity index (χ1n) is 14.3. The molecule has 2 aromatic heterocycles. The number of aromatic nitrogens is 2. The Hall–Kier alpha value is -5.65. The van der Waals surface area contributed by atoms with Crippen LogP contribution in [0.1, 0.15) is 27.8 Å². The number of nitriles is 1. The van der Waals surface area contributed by atoms with E-state index in [1.54, 1.807) is 6.07 Å². The highest BCUT2D eigenvalue weighted by Gasteiger charge is 2.42. The first-order chi connectivity index (χ1) is 23.3. The zero-order valence-corrected chi connectivity index (χ0v) is 24.5. The van der Waals surface area contributed by atoms with E-state index in [4.69, 9.17) is 0 Å². The van der Waals surface area contributed by atoms with Crippen LogP contribution in [0.15, 0.2) is 91.0 Å². The summed E-state index contributed by atoms with van der Waals surface area (Å²) < 4.78 is 171. The Morgan fingerprint density at radius 2 is 1.04 bits per heavy atom. The van der Waals surface area contributed by atoms with Crippen LogP contribution in [-0.2, 0) is 24.7 Å². The third kappa shape index (κ3) is 5.00. The van der Waals surface area contributed by atoms with Crippen molar-refractivity contribution in [3.63, 3.8) is 0 Å². The van der Waals surface area contributed by atoms with Gasteiger partial charge in [0.25, 0.3) is 0 Å². The van der Waals surface area contributed by atoms with Crippen molar-refractivity contribution in [1.29, 1.82) is 5.26 Å². The van der Waals surface area contributed by atoms with Gasteiger partial charge in [-0.3, -0.25) is 0 Å². The van der Waals surface area contributed by atoms with E-state index in [0.29, 0.717) is 17.5 Å². The number of halogens is 12. The highest BCUT2D eigenvalue weighted by atomic mass is 19.4. The van der Waals surface area contributed by atoms with Gasteiger partial charge in [0.1, 0.15) is 6.07 Å². The van der Waals surface area contributed by atoms with Gasteiger partial charge in [-0.2, -0.15) is 57.9 Å². The summed E-state index contributed by atoms with van der Waals surface area (Å²) in [5.74, 6) is 0. The number of hydrogen-bond acceptors (Lipinski definition) is 1. The number of nitrogens with zero attached hydrogens (tertiary/aromatic N) is 3. The molecule has 254 valence electrons. The zero-order chi connectivity index (χ0) is 36.1. The Balaban J connectivity index is 1.72. The van der Waals surface area contributed by atoms with E-state index < -0.39 is 63.9 Å². The quantitative estimate of drug-likeness (QED) is 0.165. The molecule has 0 spiro atoms. The molecule has 50 heavy (non-hydrogen) atoms. The Morgan fingerprint density at radius 3 is 1.62 bits per heavy atom. The lowest BCUT2D eigenvalue weighted by atomic mass is 10.0. The van der Waals surface area contributed by atoms with E-state index in [9.17, 15) is 57.9 Å². The van der Waals surface area contributed by atoms with E-state index in [1.165, 1.54) is 60.7 Å². The minimum Gasteiger partial charge on any atom is -0.309 e. The van der Waals surface area contributed by atoms with Gasteiger partial charge < -0.3 is 9.13 Å². The fourth-order valence-electron chi connectivity index (χ4n) is 6.48. The molecular weight excluding hydrogens is 690 g/mol. The first-order valence-corrected chi connectivity index (χ1v) is 14.3. The molecule has 7 rings (SSSR count). The van der Waals surface area contributed by atoms with Crippen LogP contribution in [0.4, 0.5) is 52.7 Å². The lowest BCUT2D eigenvalue weighted by Gasteiger charge is -2.20. The SMILES string of the molecule is N#Cc1cc(C(F)(F)F)cc(C(F)(F)F)c1-n1c2ccccc2c2ccc3c(c4ccccc4n3-c3ccc(C(F)(F)F)cc3C(F)(F)F)c21.